The highest BCUT2D eigenvalue weighted by molar-refractivity contribution is 7.89. The van der Waals surface area contributed by atoms with Crippen molar-refractivity contribution < 1.29 is 18.0 Å². The van der Waals surface area contributed by atoms with E-state index in [0.717, 1.165) is 71.1 Å². The molecule has 4 atom stereocenters. The minimum absolute atomic E-state index is 0.0704. The first-order valence-corrected chi connectivity index (χ1v) is 14.4. The number of likely N-dealkylation sites (tertiary alicyclic amines) is 1. The highest BCUT2D eigenvalue weighted by Gasteiger charge is 2.51. The first-order valence-electron chi connectivity index (χ1n) is 13.0. The molecular formula is C26H37N3O4S. The summed E-state index contributed by atoms with van der Waals surface area (Å²) >= 11 is 0. The predicted molar refractivity (Wildman–Crippen MR) is 130 cm³/mol. The smallest absolute Gasteiger partial charge is 0.243 e. The van der Waals surface area contributed by atoms with Crippen LogP contribution < -0.4 is 0 Å². The van der Waals surface area contributed by atoms with E-state index in [1.54, 1.807) is 28.6 Å². The summed E-state index contributed by atoms with van der Waals surface area (Å²) in [4.78, 5) is 28.9. The molecule has 8 heteroatoms. The van der Waals surface area contributed by atoms with Crippen molar-refractivity contribution in [2.24, 2.45) is 11.8 Å². The molecule has 4 saturated heterocycles. The van der Waals surface area contributed by atoms with Crippen LogP contribution in [0.5, 0.6) is 0 Å². The van der Waals surface area contributed by atoms with Crippen molar-refractivity contribution in [3.63, 3.8) is 0 Å². The van der Waals surface area contributed by atoms with E-state index < -0.39 is 10.0 Å². The molecule has 186 valence electrons. The molecule has 5 rings (SSSR count). The molecule has 4 heterocycles. The number of carbonyl (C=O) groups excluding carboxylic acids is 2. The molecule has 0 spiro atoms. The van der Waals surface area contributed by atoms with Gasteiger partial charge in [-0.05, 0) is 88.9 Å². The van der Waals surface area contributed by atoms with Gasteiger partial charge in [-0.1, -0.05) is 12.1 Å². The van der Waals surface area contributed by atoms with Gasteiger partial charge < -0.3 is 4.90 Å². The molecule has 7 nitrogen and oxygen atoms in total. The Kier molecular flexibility index (Phi) is 6.84. The lowest BCUT2D eigenvalue weighted by Crippen LogP contribution is -2.65. The summed E-state index contributed by atoms with van der Waals surface area (Å²) in [5.74, 6) is 0.818. The molecule has 0 aliphatic carbocycles. The van der Waals surface area contributed by atoms with Gasteiger partial charge in [0.25, 0.3) is 0 Å². The number of amides is 1. The summed E-state index contributed by atoms with van der Waals surface area (Å²) in [5.41, 5.74) is 0.522. The maximum Gasteiger partial charge on any atom is 0.243 e. The van der Waals surface area contributed by atoms with Crippen LogP contribution in [0.1, 0.15) is 68.6 Å². The van der Waals surface area contributed by atoms with Crippen LogP contribution in [0.4, 0.5) is 0 Å². The fraction of sp³-hybridized carbons (Fsp3) is 0.692. The number of piperidine rings is 3. The SMILES string of the molecule is CC(=O)c1ccc(S(=O)(=O)N2C[C@@H]3CCCN4CCC[C@@H]([C@H]34)[C@H]2CCCC(=O)N2CCC2)cc1. The maximum absolute atomic E-state index is 13.9. The minimum atomic E-state index is -3.69. The van der Waals surface area contributed by atoms with E-state index in [2.05, 4.69) is 4.90 Å². The van der Waals surface area contributed by atoms with Crippen LogP contribution in [-0.4, -0.2) is 79.0 Å². The molecular weight excluding hydrogens is 450 g/mol. The third-order valence-electron chi connectivity index (χ3n) is 8.59. The number of rotatable bonds is 7. The second-order valence-electron chi connectivity index (χ2n) is 10.6. The minimum Gasteiger partial charge on any atom is -0.343 e. The zero-order valence-corrected chi connectivity index (χ0v) is 21.0. The topological polar surface area (TPSA) is 78.0 Å². The third-order valence-corrected chi connectivity index (χ3v) is 10.5. The molecule has 4 aliphatic heterocycles. The van der Waals surface area contributed by atoms with Crippen molar-refractivity contribution in [1.82, 2.24) is 14.1 Å². The van der Waals surface area contributed by atoms with Gasteiger partial charge in [-0.15, -0.1) is 0 Å². The number of hydrogen-bond donors (Lipinski definition) is 0. The van der Waals surface area contributed by atoms with E-state index in [1.807, 2.05) is 4.90 Å². The van der Waals surface area contributed by atoms with Crippen LogP contribution in [0.15, 0.2) is 29.2 Å². The van der Waals surface area contributed by atoms with Crippen molar-refractivity contribution in [3.05, 3.63) is 29.8 Å². The molecule has 0 aromatic heterocycles. The fourth-order valence-corrected chi connectivity index (χ4v) is 8.53. The molecule has 0 radical (unpaired) electrons. The second kappa shape index (κ2) is 9.70. The van der Waals surface area contributed by atoms with E-state index >= 15 is 0 Å². The normalized spacial score (nSPS) is 29.9. The Labute approximate surface area is 203 Å². The van der Waals surface area contributed by atoms with Crippen LogP contribution in [0.2, 0.25) is 0 Å². The van der Waals surface area contributed by atoms with Crippen molar-refractivity contribution >= 4 is 21.7 Å². The van der Waals surface area contributed by atoms with E-state index in [0.29, 0.717) is 36.4 Å². The summed E-state index contributed by atoms with van der Waals surface area (Å²) in [6.45, 7) is 6.01. The zero-order valence-electron chi connectivity index (χ0n) is 20.2. The van der Waals surface area contributed by atoms with Crippen LogP contribution in [0.3, 0.4) is 0 Å². The molecule has 4 aliphatic rings. The van der Waals surface area contributed by atoms with Crippen molar-refractivity contribution in [2.75, 3.05) is 32.7 Å². The lowest BCUT2D eigenvalue weighted by atomic mass is 9.70. The number of benzene rings is 1. The van der Waals surface area contributed by atoms with Gasteiger partial charge in [-0.2, -0.15) is 4.31 Å². The Hall–Kier alpha value is -1.77. The lowest BCUT2D eigenvalue weighted by molar-refractivity contribution is -0.134. The predicted octanol–water partition coefficient (Wildman–Crippen LogP) is 3.16. The summed E-state index contributed by atoms with van der Waals surface area (Å²) in [6, 6.07) is 6.78. The Morgan fingerprint density at radius 1 is 0.971 bits per heavy atom. The highest BCUT2D eigenvalue weighted by Crippen LogP contribution is 2.45. The molecule has 1 aromatic carbocycles. The van der Waals surface area contributed by atoms with Gasteiger partial charge in [0.1, 0.15) is 0 Å². The third kappa shape index (κ3) is 4.44. The van der Waals surface area contributed by atoms with Crippen LogP contribution >= 0.6 is 0 Å². The van der Waals surface area contributed by atoms with Gasteiger partial charge in [-0.3, -0.25) is 14.5 Å². The molecule has 34 heavy (non-hydrogen) atoms. The summed E-state index contributed by atoms with van der Waals surface area (Å²) < 4.78 is 29.6. The first-order chi connectivity index (χ1) is 16.4. The molecule has 0 saturated carbocycles. The van der Waals surface area contributed by atoms with Crippen molar-refractivity contribution in [1.29, 1.82) is 0 Å². The molecule has 0 bridgehead atoms. The van der Waals surface area contributed by atoms with Gasteiger partial charge in [0, 0.05) is 43.7 Å². The van der Waals surface area contributed by atoms with E-state index in [1.165, 1.54) is 6.92 Å². The van der Waals surface area contributed by atoms with Crippen LogP contribution in [0.25, 0.3) is 0 Å². The largest absolute Gasteiger partial charge is 0.343 e. The lowest BCUT2D eigenvalue weighted by Gasteiger charge is -2.57. The second-order valence-corrected chi connectivity index (χ2v) is 12.5. The van der Waals surface area contributed by atoms with E-state index in [-0.39, 0.29) is 22.6 Å². The average Bonchev–Trinajstić information content (AvgIpc) is 2.79. The number of sulfonamides is 1. The van der Waals surface area contributed by atoms with Gasteiger partial charge >= 0.3 is 0 Å². The summed E-state index contributed by atoms with van der Waals surface area (Å²) in [7, 11) is -3.69. The fourth-order valence-electron chi connectivity index (χ4n) is 6.77. The molecule has 0 unspecified atom stereocenters. The monoisotopic (exact) mass is 487 g/mol. The first kappa shape index (κ1) is 23.9. The van der Waals surface area contributed by atoms with Crippen LogP contribution in [0, 0.1) is 11.8 Å². The Morgan fingerprint density at radius 2 is 1.68 bits per heavy atom. The molecule has 0 N–H and O–H groups in total. The highest BCUT2D eigenvalue weighted by atomic mass is 32.2. The van der Waals surface area contributed by atoms with Gasteiger partial charge in [0.05, 0.1) is 4.90 Å². The maximum atomic E-state index is 13.9. The molecule has 4 fully saturated rings. The van der Waals surface area contributed by atoms with Crippen LogP contribution in [-0.2, 0) is 14.8 Å². The summed E-state index contributed by atoms with van der Waals surface area (Å²) in [5, 5.41) is 0. The number of nitrogens with zero attached hydrogens (tertiary/aromatic N) is 3. The van der Waals surface area contributed by atoms with E-state index in [4.69, 9.17) is 0 Å². The number of hydrogen-bond acceptors (Lipinski definition) is 5. The van der Waals surface area contributed by atoms with E-state index in [9.17, 15) is 18.0 Å². The van der Waals surface area contributed by atoms with Crippen molar-refractivity contribution in [2.45, 2.75) is 75.3 Å². The standard InChI is InChI=1S/C26H37N3O4S/c1-19(30)20-10-12-22(13-11-20)34(32,33)29-18-21-6-3-14-28-15-4-7-23(26(21)28)24(29)8-2-9-25(31)27-16-5-17-27/h10-13,21,23-24,26H,2-9,14-18H2,1H3/t21-,23+,24+,26-/m0/s1. The molecule has 1 aromatic rings. The molecule has 1 amide bonds. The van der Waals surface area contributed by atoms with Gasteiger partial charge in [0.2, 0.25) is 15.9 Å². The summed E-state index contributed by atoms with van der Waals surface area (Å²) in [6.07, 6.45) is 7.41. The van der Waals surface area contributed by atoms with Gasteiger partial charge in [-0.25, -0.2) is 8.42 Å². The Balaban J connectivity index is 1.41. The average molecular weight is 488 g/mol. The van der Waals surface area contributed by atoms with Crippen molar-refractivity contribution in [3.8, 4) is 0 Å². The Morgan fingerprint density at radius 3 is 2.32 bits per heavy atom. The zero-order chi connectivity index (χ0) is 23.9. The van der Waals surface area contributed by atoms with Gasteiger partial charge in [0.15, 0.2) is 5.78 Å². The Bertz CT molecular complexity index is 1020. The quantitative estimate of drug-likeness (QED) is 0.552. The number of carbonyl (C=O) groups is 2. The number of ketones is 1. The number of Topliss-reactive ketones (excluding diaryl/α,β-unsaturated/α-hetero) is 1.